The third-order valence-corrected chi connectivity index (χ3v) is 5.03. The standard InChI is InChI=1S/C18H20O9/c1-26-12-6-10(2-4-11(12)19)3-5-13(20)27-14-16(23)7-17(14,24)9-18(25,8-16)15(21)22/h2-6,14,19,23-25H,7-9H2,1H3,(H,21,22)/b5-3+/t14?,16-,17-,18?/m1/s1. The van der Waals surface area contributed by atoms with Gasteiger partial charge < -0.3 is 35.0 Å². The van der Waals surface area contributed by atoms with E-state index in [-0.39, 0.29) is 17.9 Å². The minimum Gasteiger partial charge on any atom is -0.504 e. The smallest absolute Gasteiger partial charge is 0.335 e. The number of carbonyl (C=O) groups excluding carboxylic acids is 1. The van der Waals surface area contributed by atoms with Crippen molar-refractivity contribution in [3.63, 3.8) is 0 Å². The molecule has 0 radical (unpaired) electrons. The van der Waals surface area contributed by atoms with Gasteiger partial charge in [-0.25, -0.2) is 9.59 Å². The van der Waals surface area contributed by atoms with Crippen LogP contribution in [0.1, 0.15) is 24.8 Å². The van der Waals surface area contributed by atoms with Gasteiger partial charge in [-0.1, -0.05) is 6.07 Å². The predicted octanol–water partition coefficient (Wildman–Crippen LogP) is -0.199. The second-order valence-electron chi connectivity index (χ2n) is 7.16. The summed E-state index contributed by atoms with van der Waals surface area (Å²) in [5, 5.41) is 49.6. The molecule has 3 rings (SSSR count). The Morgan fingerprint density at radius 3 is 2.33 bits per heavy atom. The van der Waals surface area contributed by atoms with Gasteiger partial charge >= 0.3 is 11.9 Å². The highest BCUT2D eigenvalue weighted by Gasteiger charge is 2.74. The second-order valence-corrected chi connectivity index (χ2v) is 7.16. The SMILES string of the molecule is COc1cc(/C=C/C(=O)OC2[C@]3(O)CC(O)(C(=O)O)C[C@]2(O)C3)ccc1O. The number of benzene rings is 1. The van der Waals surface area contributed by atoms with E-state index in [4.69, 9.17) is 14.6 Å². The zero-order valence-electron chi connectivity index (χ0n) is 14.5. The Labute approximate surface area is 154 Å². The van der Waals surface area contributed by atoms with Gasteiger partial charge in [-0.15, -0.1) is 0 Å². The van der Waals surface area contributed by atoms with Crippen molar-refractivity contribution >= 4 is 18.0 Å². The predicted molar refractivity (Wildman–Crippen MR) is 89.9 cm³/mol. The van der Waals surface area contributed by atoms with Crippen molar-refractivity contribution in [3.8, 4) is 11.5 Å². The number of aliphatic carboxylic acids is 1. The summed E-state index contributed by atoms with van der Waals surface area (Å²) in [5.74, 6) is -2.25. The highest BCUT2D eigenvalue weighted by molar-refractivity contribution is 5.87. The summed E-state index contributed by atoms with van der Waals surface area (Å²) in [5.41, 5.74) is -5.37. The number of fused-ring (bicyclic) bond motifs is 2. The van der Waals surface area contributed by atoms with Crippen LogP contribution in [0.5, 0.6) is 11.5 Å². The van der Waals surface area contributed by atoms with Crippen LogP contribution in [-0.4, -0.2) is 67.5 Å². The lowest BCUT2D eigenvalue weighted by Crippen LogP contribution is -2.79. The number of aliphatic hydroxyl groups is 3. The van der Waals surface area contributed by atoms with Crippen LogP contribution >= 0.6 is 0 Å². The lowest BCUT2D eigenvalue weighted by molar-refractivity contribution is -0.328. The molecular weight excluding hydrogens is 360 g/mol. The average molecular weight is 380 g/mol. The number of carbonyl (C=O) groups is 2. The summed E-state index contributed by atoms with van der Waals surface area (Å²) in [7, 11) is 1.38. The van der Waals surface area contributed by atoms with Crippen LogP contribution in [0.25, 0.3) is 6.08 Å². The molecule has 0 heterocycles. The molecule has 9 heteroatoms. The van der Waals surface area contributed by atoms with Gasteiger partial charge in [0.05, 0.1) is 7.11 Å². The van der Waals surface area contributed by atoms with Gasteiger partial charge in [-0.05, 0) is 23.8 Å². The third-order valence-electron chi connectivity index (χ3n) is 5.03. The topological polar surface area (TPSA) is 154 Å². The molecule has 0 aliphatic heterocycles. The molecule has 1 aromatic rings. The molecule has 2 fully saturated rings. The molecular formula is C18H20O9. The molecule has 146 valence electrons. The summed E-state index contributed by atoms with van der Waals surface area (Å²) in [6, 6.07) is 4.41. The van der Waals surface area contributed by atoms with E-state index in [1.54, 1.807) is 0 Å². The maximum Gasteiger partial charge on any atom is 0.335 e. The average Bonchev–Trinajstić information content (AvgIpc) is 2.57. The maximum absolute atomic E-state index is 12.1. The first-order chi connectivity index (χ1) is 12.5. The zero-order chi connectivity index (χ0) is 20.0. The van der Waals surface area contributed by atoms with Crippen LogP contribution in [0.2, 0.25) is 0 Å². The number of carboxylic acid groups (broad SMARTS) is 1. The van der Waals surface area contributed by atoms with Gasteiger partial charge in [0.15, 0.2) is 23.2 Å². The monoisotopic (exact) mass is 380 g/mol. The van der Waals surface area contributed by atoms with E-state index in [9.17, 15) is 30.0 Å². The normalized spacial score (nSPS) is 34.7. The highest BCUT2D eigenvalue weighted by atomic mass is 16.6. The van der Waals surface area contributed by atoms with E-state index < -0.39 is 47.7 Å². The number of rotatable bonds is 5. The zero-order valence-corrected chi connectivity index (χ0v) is 14.5. The quantitative estimate of drug-likeness (QED) is 0.345. The van der Waals surface area contributed by atoms with Crippen LogP contribution in [0, 0.1) is 0 Å². The Morgan fingerprint density at radius 2 is 1.78 bits per heavy atom. The Hall–Kier alpha value is -2.62. The van der Waals surface area contributed by atoms with E-state index in [2.05, 4.69) is 0 Å². The summed E-state index contributed by atoms with van der Waals surface area (Å²) in [4.78, 5) is 23.2. The summed E-state index contributed by atoms with van der Waals surface area (Å²) in [6.45, 7) is 0. The summed E-state index contributed by atoms with van der Waals surface area (Å²) >= 11 is 0. The van der Waals surface area contributed by atoms with Crippen molar-refractivity contribution in [1.82, 2.24) is 0 Å². The minimum absolute atomic E-state index is 0.0603. The Morgan fingerprint density at radius 1 is 1.15 bits per heavy atom. The molecule has 0 aromatic heterocycles. The van der Waals surface area contributed by atoms with Crippen molar-refractivity contribution in [2.45, 2.75) is 42.2 Å². The number of ether oxygens (including phenoxy) is 2. The Bertz CT molecular complexity index is 799. The molecule has 5 N–H and O–H groups in total. The molecule has 0 spiro atoms. The fourth-order valence-corrected chi connectivity index (χ4v) is 3.96. The van der Waals surface area contributed by atoms with Crippen LogP contribution < -0.4 is 4.74 Å². The maximum atomic E-state index is 12.1. The molecule has 27 heavy (non-hydrogen) atoms. The molecule has 2 saturated carbocycles. The number of methoxy groups -OCH3 is 1. The van der Waals surface area contributed by atoms with Crippen molar-refractivity contribution < 1.29 is 44.6 Å². The number of phenols is 1. The number of esters is 1. The van der Waals surface area contributed by atoms with Crippen molar-refractivity contribution in [3.05, 3.63) is 29.8 Å². The van der Waals surface area contributed by atoms with Crippen LogP contribution in [-0.2, 0) is 14.3 Å². The van der Waals surface area contributed by atoms with Crippen molar-refractivity contribution in [1.29, 1.82) is 0 Å². The third kappa shape index (κ3) is 3.25. The Balaban J connectivity index is 1.69. The van der Waals surface area contributed by atoms with Gasteiger partial charge in [0.25, 0.3) is 0 Å². The number of hydrogen-bond acceptors (Lipinski definition) is 8. The molecule has 9 nitrogen and oxygen atoms in total. The lowest BCUT2D eigenvalue weighted by atomic mass is 9.51. The van der Waals surface area contributed by atoms with Crippen LogP contribution in [0.3, 0.4) is 0 Å². The van der Waals surface area contributed by atoms with Crippen LogP contribution in [0.15, 0.2) is 24.3 Å². The van der Waals surface area contributed by atoms with E-state index in [0.717, 1.165) is 6.08 Å². The first-order valence-electron chi connectivity index (χ1n) is 8.18. The molecule has 1 aromatic carbocycles. The largest absolute Gasteiger partial charge is 0.504 e. The fourth-order valence-electron chi connectivity index (χ4n) is 3.96. The fraction of sp³-hybridized carbons (Fsp3) is 0.444. The van der Waals surface area contributed by atoms with E-state index in [0.29, 0.717) is 5.56 Å². The first-order valence-corrected chi connectivity index (χ1v) is 8.18. The van der Waals surface area contributed by atoms with Gasteiger partial charge in [-0.2, -0.15) is 0 Å². The van der Waals surface area contributed by atoms with Gasteiger partial charge in [0, 0.05) is 25.3 Å². The molecule has 0 unspecified atom stereocenters. The first kappa shape index (κ1) is 19.2. The Kier molecular flexibility index (Phi) is 4.41. The molecule has 2 aliphatic rings. The molecule has 2 atom stereocenters. The highest BCUT2D eigenvalue weighted by Crippen LogP contribution is 2.57. The van der Waals surface area contributed by atoms with E-state index in [1.165, 1.54) is 31.4 Å². The van der Waals surface area contributed by atoms with E-state index >= 15 is 0 Å². The summed E-state index contributed by atoms with van der Waals surface area (Å²) < 4.78 is 10.1. The number of carboxylic acids is 1. The van der Waals surface area contributed by atoms with E-state index in [1.807, 2.05) is 0 Å². The van der Waals surface area contributed by atoms with Gasteiger partial charge in [0.1, 0.15) is 11.2 Å². The van der Waals surface area contributed by atoms with Crippen LogP contribution in [0.4, 0.5) is 0 Å². The van der Waals surface area contributed by atoms with Crippen molar-refractivity contribution in [2.24, 2.45) is 0 Å². The number of phenolic OH excluding ortho intramolecular Hbond substituents is 1. The molecule has 2 aliphatic carbocycles. The van der Waals surface area contributed by atoms with Crippen molar-refractivity contribution in [2.75, 3.05) is 7.11 Å². The number of hydrogen-bond donors (Lipinski definition) is 5. The molecule has 2 bridgehead atoms. The van der Waals surface area contributed by atoms with Gasteiger partial charge in [0.2, 0.25) is 0 Å². The summed E-state index contributed by atoms with van der Waals surface area (Å²) in [6.07, 6.45) is -0.165. The minimum atomic E-state index is -2.27. The second kappa shape index (κ2) is 6.22. The molecule has 0 amide bonds. The number of aromatic hydroxyl groups is 1. The molecule has 0 saturated heterocycles. The van der Waals surface area contributed by atoms with Gasteiger partial charge in [-0.3, -0.25) is 0 Å². The lowest BCUT2D eigenvalue weighted by Gasteiger charge is -2.62.